The van der Waals surface area contributed by atoms with E-state index in [-0.39, 0.29) is 12.5 Å². The number of rotatable bonds is 5. The van der Waals surface area contributed by atoms with Crippen LogP contribution in [0, 0.1) is 0 Å². The first-order valence-corrected chi connectivity index (χ1v) is 8.09. The van der Waals surface area contributed by atoms with Gasteiger partial charge < -0.3 is 10.4 Å². The van der Waals surface area contributed by atoms with E-state index in [4.69, 9.17) is 0 Å². The smallest absolute Gasteiger partial charge is 0.254 e. The normalized spacial score (nSPS) is 13.5. The molecular formula is C17H17N3O2S. The summed E-state index contributed by atoms with van der Waals surface area (Å²) in [5.41, 5.74) is 0.257. The van der Waals surface area contributed by atoms with Crippen LogP contribution in [-0.4, -0.2) is 27.3 Å². The maximum absolute atomic E-state index is 12.2. The van der Waals surface area contributed by atoms with Gasteiger partial charge in [-0.15, -0.1) is 11.3 Å². The zero-order chi connectivity index (χ0) is 16.3. The molecule has 2 heterocycles. The van der Waals surface area contributed by atoms with Crippen LogP contribution in [0.1, 0.15) is 22.2 Å². The summed E-state index contributed by atoms with van der Waals surface area (Å²) in [6.07, 6.45) is 3.19. The van der Waals surface area contributed by atoms with E-state index in [9.17, 15) is 9.90 Å². The Hall–Kier alpha value is -2.44. The summed E-state index contributed by atoms with van der Waals surface area (Å²) in [7, 11) is 0. The van der Waals surface area contributed by atoms with E-state index in [1.165, 1.54) is 17.5 Å². The standard InChI is InChI=1S/C17H17N3O2S/c1-17(22,15-8-5-9-23-15)12-18-16(21)13-10-19-20(11-13)14-6-3-2-4-7-14/h2-11,22H,12H2,1H3,(H,18,21). The Labute approximate surface area is 138 Å². The van der Waals surface area contributed by atoms with Gasteiger partial charge in [0.2, 0.25) is 0 Å². The Morgan fingerprint density at radius 2 is 2.09 bits per heavy atom. The lowest BCUT2D eigenvalue weighted by Crippen LogP contribution is -2.38. The fourth-order valence-corrected chi connectivity index (χ4v) is 2.98. The topological polar surface area (TPSA) is 67.2 Å². The SMILES string of the molecule is CC(O)(CNC(=O)c1cnn(-c2ccccc2)c1)c1cccs1. The van der Waals surface area contributed by atoms with Crippen molar-refractivity contribution in [3.63, 3.8) is 0 Å². The van der Waals surface area contributed by atoms with Crippen molar-refractivity contribution >= 4 is 17.2 Å². The molecule has 1 unspecified atom stereocenters. The molecule has 2 N–H and O–H groups in total. The molecule has 3 rings (SSSR count). The number of benzene rings is 1. The molecule has 0 aliphatic carbocycles. The zero-order valence-corrected chi connectivity index (χ0v) is 13.5. The monoisotopic (exact) mass is 327 g/mol. The predicted molar refractivity (Wildman–Crippen MR) is 89.8 cm³/mol. The summed E-state index contributed by atoms with van der Waals surface area (Å²) in [6, 6.07) is 13.3. The van der Waals surface area contributed by atoms with E-state index in [1.807, 2.05) is 47.8 Å². The first kappa shape index (κ1) is 15.5. The van der Waals surface area contributed by atoms with Crippen molar-refractivity contribution in [2.45, 2.75) is 12.5 Å². The maximum Gasteiger partial charge on any atom is 0.254 e. The van der Waals surface area contributed by atoms with Crippen molar-refractivity contribution in [1.29, 1.82) is 0 Å². The quantitative estimate of drug-likeness (QED) is 0.757. The van der Waals surface area contributed by atoms with Crippen LogP contribution in [0.4, 0.5) is 0 Å². The molecule has 23 heavy (non-hydrogen) atoms. The zero-order valence-electron chi connectivity index (χ0n) is 12.6. The Bertz CT molecular complexity index is 779. The summed E-state index contributed by atoms with van der Waals surface area (Å²) >= 11 is 1.46. The van der Waals surface area contributed by atoms with E-state index in [2.05, 4.69) is 10.4 Å². The minimum Gasteiger partial charge on any atom is -0.383 e. The van der Waals surface area contributed by atoms with E-state index in [0.717, 1.165) is 10.6 Å². The van der Waals surface area contributed by atoms with Crippen LogP contribution in [0.15, 0.2) is 60.2 Å². The second kappa shape index (κ2) is 6.36. The molecule has 0 saturated heterocycles. The third kappa shape index (κ3) is 3.49. The number of nitrogens with zero attached hydrogens (tertiary/aromatic N) is 2. The van der Waals surface area contributed by atoms with Gasteiger partial charge in [-0.25, -0.2) is 4.68 Å². The van der Waals surface area contributed by atoms with E-state index in [1.54, 1.807) is 17.8 Å². The van der Waals surface area contributed by atoms with Crippen molar-refractivity contribution in [2.75, 3.05) is 6.54 Å². The van der Waals surface area contributed by atoms with Crippen LogP contribution in [-0.2, 0) is 5.60 Å². The highest BCUT2D eigenvalue weighted by molar-refractivity contribution is 7.10. The van der Waals surface area contributed by atoms with Crippen LogP contribution >= 0.6 is 11.3 Å². The maximum atomic E-state index is 12.2. The second-order valence-electron chi connectivity index (χ2n) is 5.44. The third-order valence-electron chi connectivity index (χ3n) is 3.51. The van der Waals surface area contributed by atoms with Gasteiger partial charge in [0.1, 0.15) is 5.60 Å². The van der Waals surface area contributed by atoms with Crippen molar-refractivity contribution < 1.29 is 9.90 Å². The van der Waals surface area contributed by atoms with Gasteiger partial charge in [-0.2, -0.15) is 5.10 Å². The van der Waals surface area contributed by atoms with Crippen molar-refractivity contribution in [2.24, 2.45) is 0 Å². The van der Waals surface area contributed by atoms with Gasteiger partial charge in [0.25, 0.3) is 5.91 Å². The average Bonchev–Trinajstić information content (AvgIpc) is 3.25. The van der Waals surface area contributed by atoms with Crippen LogP contribution in [0.25, 0.3) is 5.69 Å². The van der Waals surface area contributed by atoms with Crippen LogP contribution in [0.2, 0.25) is 0 Å². The molecule has 0 aliphatic heterocycles. The Balaban J connectivity index is 1.66. The minimum absolute atomic E-state index is 0.142. The van der Waals surface area contributed by atoms with E-state index >= 15 is 0 Å². The molecule has 0 aliphatic rings. The van der Waals surface area contributed by atoms with Crippen molar-refractivity contribution in [3.8, 4) is 5.69 Å². The molecule has 1 amide bonds. The average molecular weight is 327 g/mol. The number of carbonyl (C=O) groups is 1. The number of para-hydroxylation sites is 1. The molecule has 3 aromatic rings. The first-order valence-electron chi connectivity index (χ1n) is 7.21. The molecular weight excluding hydrogens is 310 g/mol. The predicted octanol–water partition coefficient (Wildman–Crippen LogP) is 2.57. The molecule has 2 aromatic heterocycles. The Kier molecular flexibility index (Phi) is 4.27. The highest BCUT2D eigenvalue weighted by Gasteiger charge is 2.25. The van der Waals surface area contributed by atoms with Gasteiger partial charge in [-0.3, -0.25) is 4.79 Å². The van der Waals surface area contributed by atoms with Gasteiger partial charge in [-0.1, -0.05) is 24.3 Å². The molecule has 0 bridgehead atoms. The van der Waals surface area contributed by atoms with Crippen LogP contribution in [0.5, 0.6) is 0 Å². The Morgan fingerprint density at radius 1 is 1.30 bits per heavy atom. The second-order valence-corrected chi connectivity index (χ2v) is 6.39. The highest BCUT2D eigenvalue weighted by Crippen LogP contribution is 2.24. The lowest BCUT2D eigenvalue weighted by molar-refractivity contribution is 0.0557. The number of thiophene rings is 1. The van der Waals surface area contributed by atoms with Gasteiger partial charge in [0.05, 0.1) is 24.0 Å². The van der Waals surface area contributed by atoms with Gasteiger partial charge in [-0.05, 0) is 30.5 Å². The van der Waals surface area contributed by atoms with E-state index in [0.29, 0.717) is 5.56 Å². The third-order valence-corrected chi connectivity index (χ3v) is 4.63. The lowest BCUT2D eigenvalue weighted by Gasteiger charge is -2.22. The number of amides is 1. The van der Waals surface area contributed by atoms with Crippen molar-refractivity contribution in [3.05, 3.63) is 70.7 Å². The first-order chi connectivity index (χ1) is 11.1. The number of nitrogens with one attached hydrogen (secondary N) is 1. The number of carbonyl (C=O) groups excluding carboxylic acids is 1. The molecule has 0 fully saturated rings. The van der Waals surface area contributed by atoms with Crippen LogP contribution in [0.3, 0.4) is 0 Å². The molecule has 0 saturated carbocycles. The van der Waals surface area contributed by atoms with Gasteiger partial charge >= 0.3 is 0 Å². The van der Waals surface area contributed by atoms with Gasteiger partial charge in [0, 0.05) is 11.1 Å². The molecule has 0 spiro atoms. The number of aliphatic hydroxyl groups is 1. The van der Waals surface area contributed by atoms with Crippen molar-refractivity contribution in [1.82, 2.24) is 15.1 Å². The number of aromatic nitrogens is 2. The van der Waals surface area contributed by atoms with E-state index < -0.39 is 5.60 Å². The Morgan fingerprint density at radius 3 is 2.78 bits per heavy atom. The summed E-state index contributed by atoms with van der Waals surface area (Å²) in [5.74, 6) is -0.260. The molecule has 1 atom stereocenters. The fraction of sp³-hybridized carbons (Fsp3) is 0.176. The summed E-state index contributed by atoms with van der Waals surface area (Å²) in [5, 5.41) is 19.3. The summed E-state index contributed by atoms with van der Waals surface area (Å²) in [6.45, 7) is 1.83. The molecule has 1 aromatic carbocycles. The fourth-order valence-electron chi connectivity index (χ4n) is 2.19. The molecule has 0 radical (unpaired) electrons. The molecule has 5 nitrogen and oxygen atoms in total. The largest absolute Gasteiger partial charge is 0.383 e. The van der Waals surface area contributed by atoms with Gasteiger partial charge in [0.15, 0.2) is 0 Å². The van der Waals surface area contributed by atoms with Crippen LogP contribution < -0.4 is 5.32 Å². The number of hydrogen-bond donors (Lipinski definition) is 2. The molecule has 6 heteroatoms. The summed E-state index contributed by atoms with van der Waals surface area (Å²) < 4.78 is 1.65. The summed E-state index contributed by atoms with van der Waals surface area (Å²) in [4.78, 5) is 13.1. The minimum atomic E-state index is -1.08. The number of hydrogen-bond acceptors (Lipinski definition) is 4. The highest BCUT2D eigenvalue weighted by atomic mass is 32.1. The molecule has 118 valence electrons. The lowest BCUT2D eigenvalue weighted by atomic mass is 10.1.